The van der Waals surface area contributed by atoms with E-state index in [-0.39, 0.29) is 0 Å². The molecule has 0 aliphatic carbocycles. The predicted octanol–water partition coefficient (Wildman–Crippen LogP) is 1.56. The maximum Gasteiger partial charge on any atom is 0.244 e. The maximum absolute atomic E-state index is 12.6. The summed E-state index contributed by atoms with van der Waals surface area (Å²) < 4.78 is 28.6. The molecule has 0 amide bonds. The summed E-state index contributed by atoms with van der Waals surface area (Å²) in [6, 6.07) is 1.75. The first-order valence-corrected chi connectivity index (χ1v) is 8.21. The summed E-state index contributed by atoms with van der Waals surface area (Å²) in [5.74, 6) is 0. The minimum absolute atomic E-state index is 0.391. The van der Waals surface area contributed by atoms with Gasteiger partial charge in [0, 0.05) is 38.6 Å². The molecular weight excluding hydrogens is 262 g/mol. The van der Waals surface area contributed by atoms with Crippen molar-refractivity contribution in [3.8, 4) is 0 Å². The topological polar surface area (TPSA) is 54.3 Å². The van der Waals surface area contributed by atoms with E-state index in [1.165, 1.54) is 0 Å². The molecule has 0 radical (unpaired) electrons. The van der Waals surface area contributed by atoms with Gasteiger partial charge < -0.3 is 9.88 Å². The van der Waals surface area contributed by atoms with Gasteiger partial charge in [-0.25, -0.2) is 8.42 Å². The van der Waals surface area contributed by atoms with Crippen LogP contribution in [0.2, 0.25) is 0 Å². The Bertz CT molecular complexity index is 488. The Morgan fingerprint density at radius 2 is 1.84 bits per heavy atom. The molecule has 0 atom stereocenters. The standard InChI is InChI=1S/C13H25N3O2S/c1-5-7-16(8-6-2)19(17,18)13-9-12(10-14-3)15(4)11-13/h9,11,14H,5-8,10H2,1-4H3. The molecule has 0 saturated carbocycles. The molecule has 1 heterocycles. The number of aromatic nitrogens is 1. The fraction of sp³-hybridized carbons (Fsp3) is 0.692. The number of nitrogens with one attached hydrogen (secondary N) is 1. The van der Waals surface area contributed by atoms with E-state index in [1.807, 2.05) is 32.5 Å². The third-order valence-corrected chi connectivity index (χ3v) is 4.89. The second-order valence-electron chi connectivity index (χ2n) is 4.71. The Kier molecular flexibility index (Phi) is 6.03. The van der Waals surface area contributed by atoms with Gasteiger partial charge >= 0.3 is 0 Å². The van der Waals surface area contributed by atoms with Crippen molar-refractivity contribution < 1.29 is 8.42 Å². The monoisotopic (exact) mass is 287 g/mol. The molecule has 1 aromatic heterocycles. The average molecular weight is 287 g/mol. The lowest BCUT2D eigenvalue weighted by molar-refractivity contribution is 0.410. The van der Waals surface area contributed by atoms with Crippen LogP contribution in [-0.2, 0) is 23.6 Å². The lowest BCUT2D eigenvalue weighted by Crippen LogP contribution is -2.32. The van der Waals surface area contributed by atoms with Crippen LogP contribution in [0.25, 0.3) is 0 Å². The lowest BCUT2D eigenvalue weighted by atomic mass is 10.4. The van der Waals surface area contributed by atoms with Gasteiger partial charge in [0.15, 0.2) is 0 Å². The number of nitrogens with zero attached hydrogens (tertiary/aromatic N) is 2. The Morgan fingerprint density at radius 3 is 2.32 bits per heavy atom. The van der Waals surface area contributed by atoms with Gasteiger partial charge in [-0.3, -0.25) is 0 Å². The van der Waals surface area contributed by atoms with Crippen LogP contribution in [0.4, 0.5) is 0 Å². The summed E-state index contributed by atoms with van der Waals surface area (Å²) in [5.41, 5.74) is 0.967. The SMILES string of the molecule is CCCN(CCC)S(=O)(=O)c1cc(CNC)n(C)c1. The number of hydrogen-bond acceptors (Lipinski definition) is 3. The van der Waals surface area contributed by atoms with Crippen molar-refractivity contribution in [3.05, 3.63) is 18.0 Å². The number of rotatable bonds is 8. The number of sulfonamides is 1. The van der Waals surface area contributed by atoms with E-state index >= 15 is 0 Å². The fourth-order valence-electron chi connectivity index (χ4n) is 2.08. The minimum Gasteiger partial charge on any atom is -0.352 e. The molecule has 0 spiro atoms. The van der Waals surface area contributed by atoms with Gasteiger partial charge in [-0.15, -0.1) is 0 Å². The van der Waals surface area contributed by atoms with Crippen LogP contribution in [0.5, 0.6) is 0 Å². The van der Waals surface area contributed by atoms with Crippen molar-refractivity contribution in [1.29, 1.82) is 0 Å². The van der Waals surface area contributed by atoms with Gasteiger partial charge in [0.25, 0.3) is 0 Å². The van der Waals surface area contributed by atoms with Crippen molar-refractivity contribution >= 4 is 10.0 Å². The van der Waals surface area contributed by atoms with Crippen LogP contribution >= 0.6 is 0 Å². The Balaban J connectivity index is 3.06. The van der Waals surface area contributed by atoms with Crippen LogP contribution in [0.1, 0.15) is 32.4 Å². The molecule has 1 aromatic rings. The summed E-state index contributed by atoms with van der Waals surface area (Å²) in [6.07, 6.45) is 3.35. The highest BCUT2D eigenvalue weighted by molar-refractivity contribution is 7.89. The second kappa shape index (κ2) is 7.07. The Labute approximate surface area is 116 Å². The summed E-state index contributed by atoms with van der Waals surface area (Å²) in [6.45, 7) is 5.80. The molecule has 0 saturated heterocycles. The first-order valence-electron chi connectivity index (χ1n) is 6.77. The predicted molar refractivity (Wildman–Crippen MR) is 77.5 cm³/mol. The van der Waals surface area contributed by atoms with Crippen molar-refractivity contribution in [2.24, 2.45) is 7.05 Å². The molecule has 110 valence electrons. The molecule has 0 aliphatic heterocycles. The third-order valence-electron chi connectivity index (χ3n) is 3.02. The minimum atomic E-state index is -3.36. The maximum atomic E-state index is 12.6. The van der Waals surface area contributed by atoms with Crippen LogP contribution in [0.3, 0.4) is 0 Å². The second-order valence-corrected chi connectivity index (χ2v) is 6.65. The molecule has 0 aliphatic rings. The lowest BCUT2D eigenvalue weighted by Gasteiger charge is -2.20. The van der Waals surface area contributed by atoms with Gasteiger partial charge in [0.05, 0.1) is 0 Å². The first kappa shape index (κ1) is 16.2. The van der Waals surface area contributed by atoms with E-state index in [1.54, 1.807) is 16.6 Å². The van der Waals surface area contributed by atoms with E-state index in [2.05, 4.69) is 5.32 Å². The molecule has 1 rings (SSSR count). The molecule has 0 aromatic carbocycles. The zero-order chi connectivity index (χ0) is 14.5. The zero-order valence-corrected chi connectivity index (χ0v) is 13.1. The van der Waals surface area contributed by atoms with Crippen molar-refractivity contribution in [1.82, 2.24) is 14.2 Å². The molecule has 0 fully saturated rings. The van der Waals surface area contributed by atoms with E-state index in [9.17, 15) is 8.42 Å². The summed E-state index contributed by atoms with van der Waals surface area (Å²) in [5, 5.41) is 3.04. The van der Waals surface area contributed by atoms with Crippen LogP contribution in [-0.4, -0.2) is 37.4 Å². The molecular formula is C13H25N3O2S. The van der Waals surface area contributed by atoms with Crippen LogP contribution in [0.15, 0.2) is 17.2 Å². The fourth-order valence-corrected chi connectivity index (χ4v) is 3.80. The molecule has 5 nitrogen and oxygen atoms in total. The summed E-state index contributed by atoms with van der Waals surface area (Å²) >= 11 is 0. The Morgan fingerprint density at radius 1 is 1.26 bits per heavy atom. The molecule has 0 bridgehead atoms. The van der Waals surface area contributed by atoms with Crippen molar-refractivity contribution in [2.45, 2.75) is 38.1 Å². The van der Waals surface area contributed by atoms with E-state index in [0.29, 0.717) is 24.5 Å². The molecule has 6 heteroatoms. The molecule has 19 heavy (non-hydrogen) atoms. The van der Waals surface area contributed by atoms with Crippen molar-refractivity contribution in [2.75, 3.05) is 20.1 Å². The van der Waals surface area contributed by atoms with Gasteiger partial charge in [-0.1, -0.05) is 13.8 Å². The number of hydrogen-bond donors (Lipinski definition) is 1. The average Bonchev–Trinajstić information content (AvgIpc) is 2.72. The first-order chi connectivity index (χ1) is 8.97. The quantitative estimate of drug-likeness (QED) is 0.789. The zero-order valence-electron chi connectivity index (χ0n) is 12.3. The van der Waals surface area contributed by atoms with Crippen molar-refractivity contribution in [3.63, 3.8) is 0 Å². The normalized spacial score (nSPS) is 12.3. The van der Waals surface area contributed by atoms with Gasteiger partial charge in [-0.05, 0) is 26.0 Å². The molecule has 1 N–H and O–H groups in total. The Hall–Kier alpha value is -0.850. The largest absolute Gasteiger partial charge is 0.352 e. The van der Waals surface area contributed by atoms with Gasteiger partial charge in [-0.2, -0.15) is 4.31 Å². The smallest absolute Gasteiger partial charge is 0.244 e. The van der Waals surface area contributed by atoms with Crippen LogP contribution < -0.4 is 5.32 Å². The molecule has 0 unspecified atom stereocenters. The highest BCUT2D eigenvalue weighted by Crippen LogP contribution is 2.19. The highest BCUT2D eigenvalue weighted by Gasteiger charge is 2.24. The van der Waals surface area contributed by atoms with Crippen LogP contribution in [0, 0.1) is 0 Å². The third kappa shape index (κ3) is 3.81. The van der Waals surface area contributed by atoms with E-state index < -0.39 is 10.0 Å². The number of aryl methyl sites for hydroxylation is 1. The summed E-state index contributed by atoms with van der Waals surface area (Å²) in [7, 11) is 0.359. The van der Waals surface area contributed by atoms with Gasteiger partial charge in [0.2, 0.25) is 10.0 Å². The van der Waals surface area contributed by atoms with Gasteiger partial charge in [0.1, 0.15) is 4.90 Å². The summed E-state index contributed by atoms with van der Waals surface area (Å²) in [4.78, 5) is 0.391. The van der Waals surface area contributed by atoms with E-state index in [0.717, 1.165) is 18.5 Å². The highest BCUT2D eigenvalue weighted by atomic mass is 32.2. The van der Waals surface area contributed by atoms with E-state index in [4.69, 9.17) is 0 Å².